The first-order valence-electron chi connectivity index (χ1n) is 5.93. The predicted octanol–water partition coefficient (Wildman–Crippen LogP) is 0.361. The van der Waals surface area contributed by atoms with Gasteiger partial charge in [0.15, 0.2) is 0 Å². The number of nitrogens with zero attached hydrogens (tertiary/aromatic N) is 2. The second-order valence-electron chi connectivity index (χ2n) is 4.07. The van der Waals surface area contributed by atoms with E-state index in [1.165, 1.54) is 0 Å². The maximum atomic E-state index is 11.4. The van der Waals surface area contributed by atoms with E-state index in [4.69, 9.17) is 4.74 Å². The SMILES string of the molecule is O=C(NCCn1ccnc1)NCC1CCCO1. The molecule has 6 nitrogen and oxygen atoms in total. The highest BCUT2D eigenvalue weighted by molar-refractivity contribution is 5.73. The molecule has 1 fully saturated rings. The lowest BCUT2D eigenvalue weighted by Crippen LogP contribution is -2.40. The molecule has 0 spiro atoms. The van der Waals surface area contributed by atoms with Crippen molar-refractivity contribution < 1.29 is 9.53 Å². The Kier molecular flexibility index (Phi) is 4.37. The van der Waals surface area contributed by atoms with Gasteiger partial charge in [-0.25, -0.2) is 9.78 Å². The minimum Gasteiger partial charge on any atom is -0.376 e. The number of hydrogen-bond acceptors (Lipinski definition) is 3. The number of amides is 2. The Morgan fingerprint density at radius 3 is 3.18 bits per heavy atom. The van der Waals surface area contributed by atoms with Crippen molar-refractivity contribution in [3.63, 3.8) is 0 Å². The largest absolute Gasteiger partial charge is 0.376 e. The number of urea groups is 1. The quantitative estimate of drug-likeness (QED) is 0.778. The maximum absolute atomic E-state index is 11.4. The summed E-state index contributed by atoms with van der Waals surface area (Å²) in [5, 5.41) is 5.60. The van der Waals surface area contributed by atoms with Crippen molar-refractivity contribution in [2.24, 2.45) is 0 Å². The Morgan fingerprint density at radius 1 is 1.53 bits per heavy atom. The first-order chi connectivity index (χ1) is 8.34. The summed E-state index contributed by atoms with van der Waals surface area (Å²) in [6.07, 6.45) is 7.63. The van der Waals surface area contributed by atoms with E-state index < -0.39 is 0 Å². The molecule has 2 heterocycles. The minimum absolute atomic E-state index is 0.138. The van der Waals surface area contributed by atoms with Crippen molar-refractivity contribution in [3.8, 4) is 0 Å². The second kappa shape index (κ2) is 6.24. The van der Waals surface area contributed by atoms with Crippen molar-refractivity contribution in [2.75, 3.05) is 19.7 Å². The van der Waals surface area contributed by atoms with Gasteiger partial charge < -0.3 is 19.9 Å². The van der Waals surface area contributed by atoms with Gasteiger partial charge in [0.2, 0.25) is 0 Å². The predicted molar refractivity (Wildman–Crippen MR) is 62.6 cm³/mol. The molecule has 1 aliphatic heterocycles. The number of rotatable bonds is 5. The molecule has 1 aliphatic rings. The number of imidazole rings is 1. The molecule has 1 saturated heterocycles. The molecule has 2 rings (SSSR count). The zero-order chi connectivity index (χ0) is 11.9. The summed E-state index contributed by atoms with van der Waals surface area (Å²) in [5.74, 6) is 0. The number of hydrogen-bond donors (Lipinski definition) is 2. The summed E-state index contributed by atoms with van der Waals surface area (Å²) >= 11 is 0. The van der Waals surface area contributed by atoms with Crippen molar-refractivity contribution in [2.45, 2.75) is 25.5 Å². The molecule has 0 bridgehead atoms. The Morgan fingerprint density at radius 2 is 2.47 bits per heavy atom. The van der Waals surface area contributed by atoms with Gasteiger partial charge in [0.25, 0.3) is 0 Å². The molecule has 94 valence electrons. The highest BCUT2D eigenvalue weighted by Crippen LogP contribution is 2.10. The smallest absolute Gasteiger partial charge is 0.314 e. The number of carbonyl (C=O) groups excluding carboxylic acids is 1. The molecule has 1 aromatic rings. The average molecular weight is 238 g/mol. The van der Waals surface area contributed by atoms with Crippen LogP contribution >= 0.6 is 0 Å². The lowest BCUT2D eigenvalue weighted by Gasteiger charge is -2.11. The van der Waals surface area contributed by atoms with Crippen LogP contribution in [-0.2, 0) is 11.3 Å². The van der Waals surface area contributed by atoms with E-state index in [1.807, 2.05) is 10.8 Å². The molecule has 0 saturated carbocycles. The number of aromatic nitrogens is 2. The summed E-state index contributed by atoms with van der Waals surface area (Å²) in [6, 6.07) is -0.138. The van der Waals surface area contributed by atoms with Crippen LogP contribution < -0.4 is 10.6 Å². The van der Waals surface area contributed by atoms with Gasteiger partial charge in [0, 0.05) is 38.6 Å². The lowest BCUT2D eigenvalue weighted by atomic mass is 10.2. The molecule has 2 amide bonds. The van der Waals surface area contributed by atoms with E-state index in [2.05, 4.69) is 15.6 Å². The number of carbonyl (C=O) groups is 1. The number of nitrogens with one attached hydrogen (secondary N) is 2. The highest BCUT2D eigenvalue weighted by Gasteiger charge is 2.15. The fourth-order valence-electron chi connectivity index (χ4n) is 1.79. The van der Waals surface area contributed by atoms with Crippen LogP contribution in [0.2, 0.25) is 0 Å². The van der Waals surface area contributed by atoms with Crippen LogP contribution in [0.1, 0.15) is 12.8 Å². The Bertz CT molecular complexity index is 333. The highest BCUT2D eigenvalue weighted by atomic mass is 16.5. The standard InChI is InChI=1S/C11H18N4O2/c16-11(14-8-10-2-1-7-17-10)13-4-6-15-5-3-12-9-15/h3,5,9-10H,1-2,4,6-8H2,(H2,13,14,16). The van der Waals surface area contributed by atoms with Gasteiger partial charge in [-0.2, -0.15) is 0 Å². The van der Waals surface area contributed by atoms with Gasteiger partial charge >= 0.3 is 6.03 Å². The van der Waals surface area contributed by atoms with Gasteiger partial charge in [-0.3, -0.25) is 0 Å². The van der Waals surface area contributed by atoms with E-state index in [0.29, 0.717) is 13.1 Å². The first kappa shape index (κ1) is 11.9. The van der Waals surface area contributed by atoms with E-state index in [9.17, 15) is 4.79 Å². The maximum Gasteiger partial charge on any atom is 0.314 e. The molecule has 0 radical (unpaired) electrons. The molecule has 0 aliphatic carbocycles. The third kappa shape index (κ3) is 4.07. The van der Waals surface area contributed by atoms with E-state index in [1.54, 1.807) is 12.5 Å². The van der Waals surface area contributed by atoms with Crippen molar-refractivity contribution in [1.82, 2.24) is 20.2 Å². The van der Waals surface area contributed by atoms with Crippen LogP contribution in [0.4, 0.5) is 4.79 Å². The molecule has 1 atom stereocenters. The molecule has 1 aromatic heterocycles. The molecule has 2 N–H and O–H groups in total. The monoisotopic (exact) mass is 238 g/mol. The average Bonchev–Trinajstić information content (AvgIpc) is 2.99. The van der Waals surface area contributed by atoms with Crippen LogP contribution in [0.5, 0.6) is 0 Å². The van der Waals surface area contributed by atoms with Gasteiger partial charge in [0.05, 0.1) is 12.4 Å². The van der Waals surface area contributed by atoms with Crippen molar-refractivity contribution in [1.29, 1.82) is 0 Å². The summed E-state index contributed by atoms with van der Waals surface area (Å²) in [4.78, 5) is 15.4. The normalized spacial score (nSPS) is 19.2. The van der Waals surface area contributed by atoms with Gasteiger partial charge in [-0.05, 0) is 12.8 Å². The van der Waals surface area contributed by atoms with Crippen LogP contribution in [0.25, 0.3) is 0 Å². The van der Waals surface area contributed by atoms with Crippen LogP contribution in [-0.4, -0.2) is 41.4 Å². The summed E-state index contributed by atoms with van der Waals surface area (Å²) in [7, 11) is 0. The topological polar surface area (TPSA) is 68.2 Å². The molecular weight excluding hydrogens is 220 g/mol. The van der Waals surface area contributed by atoms with Gasteiger partial charge in [-0.15, -0.1) is 0 Å². The first-order valence-corrected chi connectivity index (χ1v) is 5.93. The third-order valence-electron chi connectivity index (χ3n) is 2.73. The van der Waals surface area contributed by atoms with Crippen LogP contribution in [0.15, 0.2) is 18.7 Å². The van der Waals surface area contributed by atoms with Gasteiger partial charge in [0.1, 0.15) is 0 Å². The fraction of sp³-hybridized carbons (Fsp3) is 0.636. The zero-order valence-corrected chi connectivity index (χ0v) is 9.76. The van der Waals surface area contributed by atoms with Gasteiger partial charge in [-0.1, -0.05) is 0 Å². The summed E-state index contributed by atoms with van der Waals surface area (Å²) in [6.45, 7) is 2.73. The lowest BCUT2D eigenvalue weighted by molar-refractivity contribution is 0.111. The Labute approximate surface area is 100 Å². The Hall–Kier alpha value is -1.56. The molecule has 6 heteroatoms. The zero-order valence-electron chi connectivity index (χ0n) is 9.76. The van der Waals surface area contributed by atoms with E-state index >= 15 is 0 Å². The summed E-state index contributed by atoms with van der Waals surface area (Å²) < 4.78 is 7.33. The molecule has 0 aromatic carbocycles. The van der Waals surface area contributed by atoms with E-state index in [-0.39, 0.29) is 12.1 Å². The Balaban J connectivity index is 1.54. The molecule has 17 heavy (non-hydrogen) atoms. The summed E-state index contributed by atoms with van der Waals surface area (Å²) in [5.41, 5.74) is 0. The van der Waals surface area contributed by atoms with E-state index in [0.717, 1.165) is 26.0 Å². The van der Waals surface area contributed by atoms with Crippen LogP contribution in [0, 0.1) is 0 Å². The minimum atomic E-state index is -0.138. The second-order valence-corrected chi connectivity index (χ2v) is 4.07. The molecular formula is C11H18N4O2. The van der Waals surface area contributed by atoms with Crippen LogP contribution in [0.3, 0.4) is 0 Å². The third-order valence-corrected chi connectivity index (χ3v) is 2.73. The molecule has 1 unspecified atom stereocenters. The van der Waals surface area contributed by atoms with Crippen molar-refractivity contribution >= 4 is 6.03 Å². The van der Waals surface area contributed by atoms with Crippen molar-refractivity contribution in [3.05, 3.63) is 18.7 Å². The fourth-order valence-corrected chi connectivity index (χ4v) is 1.79. The number of ether oxygens (including phenoxy) is 1.